The average molecular weight is 127 g/mol. The van der Waals surface area contributed by atoms with Crippen molar-refractivity contribution in [3.05, 3.63) is 0 Å². The second-order valence-corrected chi connectivity index (χ2v) is 3.51. The second-order valence-electron chi connectivity index (χ2n) is 3.51. The first-order valence-corrected chi connectivity index (χ1v) is 3.56. The molecule has 0 aromatic heterocycles. The summed E-state index contributed by atoms with van der Waals surface area (Å²) in [6.45, 7) is 8.76. The Kier molecular flexibility index (Phi) is 1.56. The molecule has 9 heavy (non-hydrogen) atoms. The third kappa shape index (κ3) is 1.50. The monoisotopic (exact) mass is 127 g/mol. The molecule has 2 nitrogen and oxygen atoms in total. The van der Waals surface area contributed by atoms with E-state index >= 15 is 0 Å². The first-order chi connectivity index (χ1) is 4.11. The quantitative estimate of drug-likeness (QED) is 0.440. The third-order valence-corrected chi connectivity index (χ3v) is 1.57. The maximum absolute atomic E-state index is 4.34. The highest BCUT2D eigenvalue weighted by Crippen LogP contribution is 2.12. The average Bonchev–Trinajstić information content (AvgIpc) is 2.08. The van der Waals surface area contributed by atoms with E-state index < -0.39 is 0 Å². The Morgan fingerprint density at radius 3 is 2.22 bits per heavy atom. The van der Waals surface area contributed by atoms with Crippen molar-refractivity contribution in [2.45, 2.75) is 32.7 Å². The molecule has 52 valence electrons. The molecule has 0 aromatic rings. The third-order valence-electron chi connectivity index (χ3n) is 1.57. The van der Waals surface area contributed by atoms with Crippen LogP contribution in [0.4, 0.5) is 0 Å². The second kappa shape index (κ2) is 2.09. The van der Waals surface area contributed by atoms with Gasteiger partial charge in [-0.15, -0.1) is 4.70 Å². The highest BCUT2D eigenvalue weighted by Gasteiger charge is 2.28. The SMILES string of the molecule is CC(C)(C)[N+]1=NCCC1. The lowest BCUT2D eigenvalue weighted by molar-refractivity contribution is -0.645. The van der Waals surface area contributed by atoms with E-state index in [0.29, 0.717) is 0 Å². The Morgan fingerprint density at radius 1 is 1.33 bits per heavy atom. The van der Waals surface area contributed by atoms with Gasteiger partial charge < -0.3 is 0 Å². The molecule has 1 aliphatic heterocycles. The summed E-state index contributed by atoms with van der Waals surface area (Å²) in [6.07, 6.45) is 1.23. The predicted octanol–water partition coefficient (Wildman–Crippen LogP) is 1.65. The van der Waals surface area contributed by atoms with Crippen molar-refractivity contribution in [1.82, 2.24) is 0 Å². The lowest BCUT2D eigenvalue weighted by atomic mass is 10.1. The van der Waals surface area contributed by atoms with Crippen LogP contribution < -0.4 is 0 Å². The van der Waals surface area contributed by atoms with Crippen LogP contribution in [0.3, 0.4) is 0 Å². The van der Waals surface area contributed by atoms with E-state index in [1.807, 2.05) is 0 Å². The van der Waals surface area contributed by atoms with Crippen LogP contribution in [0.5, 0.6) is 0 Å². The molecule has 0 saturated heterocycles. The van der Waals surface area contributed by atoms with Crippen molar-refractivity contribution in [1.29, 1.82) is 0 Å². The fraction of sp³-hybridized carbons (Fsp3) is 1.00. The molecule has 1 rings (SSSR count). The van der Waals surface area contributed by atoms with Gasteiger partial charge in [-0.25, -0.2) is 0 Å². The molecule has 0 aliphatic carbocycles. The van der Waals surface area contributed by atoms with E-state index in [0.717, 1.165) is 13.1 Å². The van der Waals surface area contributed by atoms with Crippen molar-refractivity contribution >= 4 is 0 Å². The van der Waals surface area contributed by atoms with Crippen LogP contribution in [0, 0.1) is 0 Å². The maximum Gasteiger partial charge on any atom is 0.179 e. The number of hydrogen-bond donors (Lipinski definition) is 0. The highest BCUT2D eigenvalue weighted by atomic mass is 15.3. The summed E-state index contributed by atoms with van der Waals surface area (Å²) in [6, 6.07) is 0. The van der Waals surface area contributed by atoms with Gasteiger partial charge in [-0.2, -0.15) is 0 Å². The van der Waals surface area contributed by atoms with E-state index in [1.165, 1.54) is 6.42 Å². The number of azo groups is 2. The summed E-state index contributed by atoms with van der Waals surface area (Å²) < 4.78 is 2.17. The summed E-state index contributed by atoms with van der Waals surface area (Å²) >= 11 is 0. The summed E-state index contributed by atoms with van der Waals surface area (Å²) in [5, 5.41) is 4.34. The summed E-state index contributed by atoms with van der Waals surface area (Å²) in [7, 11) is 0. The van der Waals surface area contributed by atoms with Gasteiger partial charge in [-0.05, 0) is 5.11 Å². The molecule has 1 aliphatic rings. The van der Waals surface area contributed by atoms with E-state index in [4.69, 9.17) is 0 Å². The Hall–Kier alpha value is -0.400. The van der Waals surface area contributed by atoms with Crippen molar-refractivity contribution in [2.75, 3.05) is 13.1 Å². The minimum atomic E-state index is 0.247. The number of nitrogens with zero attached hydrogens (tertiary/aromatic N) is 2. The first-order valence-electron chi connectivity index (χ1n) is 3.56. The van der Waals surface area contributed by atoms with Gasteiger partial charge in [0.2, 0.25) is 0 Å². The zero-order chi connectivity index (χ0) is 6.91. The molecule has 0 bridgehead atoms. The summed E-state index contributed by atoms with van der Waals surface area (Å²) in [5.41, 5.74) is 0.247. The molecular formula is C7H15N2+. The Bertz CT molecular complexity index is 130. The highest BCUT2D eigenvalue weighted by molar-refractivity contribution is 4.57. The lowest BCUT2D eigenvalue weighted by Crippen LogP contribution is -2.30. The van der Waals surface area contributed by atoms with E-state index in [1.54, 1.807) is 0 Å². The molecule has 0 radical (unpaired) electrons. The summed E-state index contributed by atoms with van der Waals surface area (Å²) in [4.78, 5) is 0. The Morgan fingerprint density at radius 2 is 2.00 bits per heavy atom. The largest absolute Gasteiger partial charge is 0.179 e. The van der Waals surface area contributed by atoms with E-state index in [9.17, 15) is 0 Å². The zero-order valence-corrected chi connectivity index (χ0v) is 6.52. The Labute approximate surface area is 56.6 Å². The van der Waals surface area contributed by atoms with Crippen LogP contribution in [0.25, 0.3) is 0 Å². The molecule has 0 atom stereocenters. The van der Waals surface area contributed by atoms with Crippen molar-refractivity contribution in [2.24, 2.45) is 5.11 Å². The molecule has 0 N–H and O–H groups in total. The fourth-order valence-corrected chi connectivity index (χ4v) is 1.03. The molecule has 1 heterocycles. The first kappa shape index (κ1) is 6.72. The zero-order valence-electron chi connectivity index (χ0n) is 6.52. The van der Waals surface area contributed by atoms with Gasteiger partial charge in [0.25, 0.3) is 0 Å². The van der Waals surface area contributed by atoms with Crippen LogP contribution in [0.15, 0.2) is 5.11 Å². The molecule has 0 unspecified atom stereocenters. The van der Waals surface area contributed by atoms with Gasteiger partial charge >= 0.3 is 0 Å². The molecule has 0 amide bonds. The Balaban J connectivity index is 2.61. The topological polar surface area (TPSA) is 15.4 Å². The molecule has 0 saturated carbocycles. The molecule has 0 aromatic carbocycles. The minimum absolute atomic E-state index is 0.247. The van der Waals surface area contributed by atoms with Gasteiger partial charge in [0.15, 0.2) is 12.1 Å². The van der Waals surface area contributed by atoms with Gasteiger partial charge in [0.05, 0.1) is 0 Å². The minimum Gasteiger partial charge on any atom is -0.123 e. The van der Waals surface area contributed by atoms with Crippen molar-refractivity contribution in [3.8, 4) is 0 Å². The smallest absolute Gasteiger partial charge is 0.123 e. The van der Waals surface area contributed by atoms with Crippen LogP contribution in [0.2, 0.25) is 0 Å². The number of hydrogen-bond acceptors (Lipinski definition) is 1. The van der Waals surface area contributed by atoms with Crippen molar-refractivity contribution < 1.29 is 4.70 Å². The van der Waals surface area contributed by atoms with Crippen LogP contribution in [-0.4, -0.2) is 23.3 Å². The summed E-state index contributed by atoms with van der Waals surface area (Å²) in [5.74, 6) is 0. The van der Waals surface area contributed by atoms with Crippen LogP contribution in [0.1, 0.15) is 27.2 Å². The number of rotatable bonds is 0. The van der Waals surface area contributed by atoms with Crippen LogP contribution in [-0.2, 0) is 0 Å². The van der Waals surface area contributed by atoms with Gasteiger partial charge in [0.1, 0.15) is 6.54 Å². The normalized spacial score (nSPS) is 20.1. The van der Waals surface area contributed by atoms with Crippen molar-refractivity contribution in [3.63, 3.8) is 0 Å². The molecular weight excluding hydrogens is 112 g/mol. The molecule has 0 fully saturated rings. The van der Waals surface area contributed by atoms with Gasteiger partial charge in [-0.1, -0.05) is 0 Å². The van der Waals surface area contributed by atoms with Gasteiger partial charge in [0, 0.05) is 27.2 Å². The maximum atomic E-state index is 4.34. The molecule has 0 spiro atoms. The fourth-order valence-electron chi connectivity index (χ4n) is 1.03. The lowest BCUT2D eigenvalue weighted by Gasteiger charge is -2.10. The van der Waals surface area contributed by atoms with E-state index in [2.05, 4.69) is 30.6 Å². The van der Waals surface area contributed by atoms with E-state index in [-0.39, 0.29) is 5.54 Å². The predicted molar refractivity (Wildman–Crippen MR) is 36.8 cm³/mol. The van der Waals surface area contributed by atoms with Crippen LogP contribution >= 0.6 is 0 Å². The van der Waals surface area contributed by atoms with Gasteiger partial charge in [-0.3, -0.25) is 0 Å². The standard InChI is InChI=1S/C7H15N2/c1-7(2,3)9-6-4-5-8-9/h4-6H2,1-3H3/q+1. The molecule has 2 heteroatoms.